The Labute approximate surface area is 357 Å². The van der Waals surface area contributed by atoms with Crippen molar-refractivity contribution in [1.29, 1.82) is 0 Å². The van der Waals surface area contributed by atoms with E-state index in [2.05, 4.69) is 41.2 Å². The number of amides is 6. The lowest BCUT2D eigenvalue weighted by Gasteiger charge is -2.39. The van der Waals surface area contributed by atoms with Crippen LogP contribution in [0.5, 0.6) is 0 Å². The zero-order valence-electron chi connectivity index (χ0n) is 36.3. The van der Waals surface area contributed by atoms with Crippen molar-refractivity contribution < 1.29 is 38.6 Å². The number of aromatic amines is 2. The van der Waals surface area contributed by atoms with Gasteiger partial charge in [-0.05, 0) is 51.0 Å². The molecule has 1 aromatic carbocycles. The van der Waals surface area contributed by atoms with E-state index in [0.29, 0.717) is 24.2 Å². The van der Waals surface area contributed by atoms with Crippen LogP contribution in [0.2, 0.25) is 0 Å². The van der Waals surface area contributed by atoms with Crippen molar-refractivity contribution >= 4 is 35.6 Å². The van der Waals surface area contributed by atoms with Crippen molar-refractivity contribution in [1.82, 2.24) is 46.1 Å². The van der Waals surface area contributed by atoms with Crippen molar-refractivity contribution in [3.8, 4) is 0 Å². The van der Waals surface area contributed by atoms with Crippen LogP contribution in [0.1, 0.15) is 84.7 Å². The van der Waals surface area contributed by atoms with Gasteiger partial charge in [0.1, 0.15) is 35.8 Å². The van der Waals surface area contributed by atoms with Gasteiger partial charge >= 0.3 is 6.09 Å². The predicted octanol–water partition coefficient (Wildman–Crippen LogP) is 0.993. The molecule has 0 saturated heterocycles. The number of nitrogens with two attached hydrogens (primary N) is 2. The molecule has 19 heteroatoms. The molecule has 2 heterocycles. The van der Waals surface area contributed by atoms with E-state index in [0.717, 1.165) is 5.56 Å². The third-order valence-electron chi connectivity index (χ3n) is 9.85. The summed E-state index contributed by atoms with van der Waals surface area (Å²) in [5, 5.41) is 21.0. The molecule has 0 fully saturated rings. The standard InChI is InChI=1S/C42H65N11O8/c1-8-26(4)35(39(58)50-32(36(44)55)18-29-20-45-23-47-29)53(22-28(43)16-25(2)3)40(59)31(14-15-54)49-38(57)34(19-30-21-46-24-48-30)51-37(56)33(17-27-12-10-9-11-13-27)52-41(60)61-42(5,6)7/h9-13,20-21,23-26,28,31-35,54H,8,14-19,22,43H2,1-7H3,(H2,44,55)(H,45,47)(H,46,48)(H,49,57)(H,50,58)(H,51,56)(H,52,60)/t26-,28-,31-,32?,33+,34?,35-/m0/s1. The summed E-state index contributed by atoms with van der Waals surface area (Å²) in [6, 6.07) is 2.11. The summed E-state index contributed by atoms with van der Waals surface area (Å²) >= 11 is 0. The molecule has 6 amide bonds. The molecule has 0 aliphatic carbocycles. The molecule has 2 unspecified atom stereocenters. The molecule has 19 nitrogen and oxygen atoms in total. The lowest BCUT2D eigenvalue weighted by Crippen LogP contribution is -2.63. The van der Waals surface area contributed by atoms with Crippen LogP contribution in [-0.2, 0) is 48.0 Å². The van der Waals surface area contributed by atoms with Gasteiger partial charge in [0.15, 0.2) is 0 Å². The maximum absolute atomic E-state index is 14.8. The quantitative estimate of drug-likeness (QED) is 0.0613. The van der Waals surface area contributed by atoms with Crippen LogP contribution in [0.3, 0.4) is 0 Å². The number of hydrogen-bond acceptors (Lipinski definition) is 11. The number of carbonyl (C=O) groups is 6. The summed E-state index contributed by atoms with van der Waals surface area (Å²) in [5.41, 5.74) is 13.2. The van der Waals surface area contributed by atoms with Crippen molar-refractivity contribution in [2.24, 2.45) is 23.3 Å². The molecule has 0 spiro atoms. The predicted molar refractivity (Wildman–Crippen MR) is 227 cm³/mol. The number of nitrogens with one attached hydrogen (secondary N) is 6. The Morgan fingerprint density at radius 3 is 1.84 bits per heavy atom. The number of hydrogen-bond donors (Lipinski definition) is 9. The average molecular weight is 852 g/mol. The largest absolute Gasteiger partial charge is 0.444 e. The Morgan fingerprint density at radius 2 is 1.34 bits per heavy atom. The molecule has 61 heavy (non-hydrogen) atoms. The zero-order valence-corrected chi connectivity index (χ0v) is 36.3. The number of primary amides is 1. The molecule has 11 N–H and O–H groups in total. The number of rotatable bonds is 24. The number of carbonyl (C=O) groups excluding carboxylic acids is 6. The van der Waals surface area contributed by atoms with E-state index in [1.54, 1.807) is 52.0 Å². The lowest BCUT2D eigenvalue weighted by atomic mass is 9.93. The van der Waals surface area contributed by atoms with Gasteiger partial charge in [-0.2, -0.15) is 0 Å². The Balaban J connectivity index is 2.00. The van der Waals surface area contributed by atoms with Crippen molar-refractivity contribution in [3.05, 3.63) is 72.3 Å². The second kappa shape index (κ2) is 23.8. The zero-order chi connectivity index (χ0) is 45.3. The normalized spacial score (nSPS) is 15.0. The highest BCUT2D eigenvalue weighted by Gasteiger charge is 2.40. The first-order valence-electron chi connectivity index (χ1n) is 20.7. The first kappa shape index (κ1) is 49.5. The molecule has 0 saturated carbocycles. The van der Waals surface area contributed by atoms with Crippen molar-refractivity contribution in [3.63, 3.8) is 0 Å². The maximum Gasteiger partial charge on any atom is 0.408 e. The molecule has 0 bridgehead atoms. The number of aromatic nitrogens is 4. The van der Waals surface area contributed by atoms with Crippen LogP contribution in [-0.4, -0.2) is 121 Å². The fraction of sp³-hybridized carbons (Fsp3) is 0.571. The summed E-state index contributed by atoms with van der Waals surface area (Å²) in [6.07, 6.45) is 5.59. The van der Waals surface area contributed by atoms with Crippen LogP contribution in [0.4, 0.5) is 4.79 Å². The number of aliphatic hydroxyl groups excluding tert-OH is 1. The van der Waals surface area contributed by atoms with E-state index in [1.807, 2.05) is 26.8 Å². The van der Waals surface area contributed by atoms with Gasteiger partial charge in [-0.15, -0.1) is 0 Å². The van der Waals surface area contributed by atoms with Crippen LogP contribution in [0.15, 0.2) is 55.4 Å². The SMILES string of the molecule is CC[C@H](C)[C@@H](C(=O)NC(Cc1cnc[nH]1)C(N)=O)N(C[C@@H](N)CC(C)C)C(=O)[C@H](CCO)NC(=O)C(Cc1cnc[nH]1)NC(=O)[C@@H](Cc1ccccc1)NC(=O)OC(C)(C)C. The number of ether oxygens (including phenoxy) is 1. The average Bonchev–Trinajstić information content (AvgIpc) is 3.90. The van der Waals surface area contributed by atoms with E-state index in [1.165, 1.54) is 29.9 Å². The Kier molecular flexibility index (Phi) is 19.4. The van der Waals surface area contributed by atoms with Crippen molar-refractivity contribution in [2.75, 3.05) is 13.2 Å². The number of benzene rings is 1. The van der Waals surface area contributed by atoms with Gasteiger partial charge < -0.3 is 57.4 Å². The number of imidazole rings is 2. The van der Waals surface area contributed by atoms with Crippen LogP contribution in [0, 0.1) is 11.8 Å². The Hall–Kier alpha value is -5.82. The van der Waals surface area contributed by atoms with E-state index in [9.17, 15) is 33.9 Å². The molecule has 3 aromatic rings. The van der Waals surface area contributed by atoms with Gasteiger partial charge in [0.2, 0.25) is 29.5 Å². The third kappa shape index (κ3) is 16.6. The number of H-pyrrole nitrogens is 2. The molecule has 7 atom stereocenters. The van der Waals surface area contributed by atoms with Crippen LogP contribution < -0.4 is 32.7 Å². The second-order valence-electron chi connectivity index (χ2n) is 16.8. The summed E-state index contributed by atoms with van der Waals surface area (Å²) < 4.78 is 5.43. The smallest absolute Gasteiger partial charge is 0.408 e. The molecule has 3 rings (SSSR count). The minimum absolute atomic E-state index is 0.0151. The summed E-state index contributed by atoms with van der Waals surface area (Å²) in [5.74, 6) is -4.04. The number of nitrogens with zero attached hydrogens (tertiary/aromatic N) is 3. The van der Waals surface area contributed by atoms with Gasteiger partial charge in [0.25, 0.3) is 0 Å². The molecule has 0 aliphatic heterocycles. The van der Waals surface area contributed by atoms with Crippen LogP contribution >= 0.6 is 0 Å². The first-order valence-corrected chi connectivity index (χ1v) is 20.7. The van der Waals surface area contributed by atoms with E-state index in [4.69, 9.17) is 16.2 Å². The number of aliphatic hydroxyl groups is 1. The Bertz CT molecular complexity index is 1830. The summed E-state index contributed by atoms with van der Waals surface area (Å²) in [6.45, 7) is 12.0. The topological polar surface area (TPSA) is 293 Å². The lowest BCUT2D eigenvalue weighted by molar-refractivity contribution is -0.146. The Morgan fingerprint density at radius 1 is 0.803 bits per heavy atom. The fourth-order valence-electron chi connectivity index (χ4n) is 6.77. The minimum Gasteiger partial charge on any atom is -0.444 e. The molecular weight excluding hydrogens is 787 g/mol. The molecule has 0 radical (unpaired) electrons. The number of alkyl carbamates (subject to hydrolysis) is 1. The van der Waals surface area contributed by atoms with Gasteiger partial charge in [-0.3, -0.25) is 24.0 Å². The molecule has 2 aromatic heterocycles. The van der Waals surface area contributed by atoms with Gasteiger partial charge in [-0.1, -0.05) is 64.4 Å². The summed E-state index contributed by atoms with van der Waals surface area (Å²) in [7, 11) is 0. The summed E-state index contributed by atoms with van der Waals surface area (Å²) in [4.78, 5) is 98.1. The fourth-order valence-corrected chi connectivity index (χ4v) is 6.77. The van der Waals surface area contributed by atoms with E-state index in [-0.39, 0.29) is 38.1 Å². The highest BCUT2D eigenvalue weighted by Crippen LogP contribution is 2.20. The van der Waals surface area contributed by atoms with E-state index < -0.39 is 90.0 Å². The monoisotopic (exact) mass is 852 g/mol. The van der Waals surface area contributed by atoms with Crippen LogP contribution in [0.25, 0.3) is 0 Å². The maximum atomic E-state index is 14.8. The van der Waals surface area contributed by atoms with Gasteiger partial charge in [-0.25, -0.2) is 14.8 Å². The van der Waals surface area contributed by atoms with Gasteiger partial charge in [0, 0.05) is 62.2 Å². The molecule has 0 aliphatic rings. The van der Waals surface area contributed by atoms with Crippen molar-refractivity contribution in [2.45, 2.75) is 129 Å². The second-order valence-corrected chi connectivity index (χ2v) is 16.8. The molecule has 336 valence electrons. The highest BCUT2D eigenvalue weighted by atomic mass is 16.6. The van der Waals surface area contributed by atoms with E-state index >= 15 is 0 Å². The third-order valence-corrected chi connectivity index (χ3v) is 9.85. The highest BCUT2D eigenvalue weighted by molar-refractivity contribution is 5.96. The minimum atomic E-state index is -1.40. The van der Waals surface area contributed by atoms with Gasteiger partial charge in [0.05, 0.1) is 12.7 Å². The molecular formula is C42H65N11O8. The first-order chi connectivity index (χ1) is 28.8.